The molecule has 1 fully saturated rings. The topological polar surface area (TPSA) is 45.6 Å². The first-order chi connectivity index (χ1) is 16.5. The Morgan fingerprint density at radius 2 is 1.91 bits per heavy atom. The van der Waals surface area contributed by atoms with Crippen molar-refractivity contribution < 1.29 is 9.84 Å². The second-order valence-corrected chi connectivity index (χ2v) is 9.77. The second-order valence-electron chi connectivity index (χ2n) is 9.33. The van der Waals surface area contributed by atoms with Gasteiger partial charge in [-0.25, -0.2) is 4.98 Å². The lowest BCUT2D eigenvalue weighted by Gasteiger charge is -2.38. The third-order valence-corrected chi connectivity index (χ3v) is 7.39. The van der Waals surface area contributed by atoms with Crippen molar-refractivity contribution in [1.29, 1.82) is 0 Å². The van der Waals surface area contributed by atoms with Crippen molar-refractivity contribution in [2.75, 3.05) is 19.6 Å². The summed E-state index contributed by atoms with van der Waals surface area (Å²) in [6, 6.07) is 18.2. The molecule has 0 saturated carbocycles. The zero-order valence-corrected chi connectivity index (χ0v) is 20.4. The van der Waals surface area contributed by atoms with Crippen molar-refractivity contribution in [3.05, 3.63) is 94.1 Å². The predicted octanol–water partition coefficient (Wildman–Crippen LogP) is 6.40. The monoisotopic (exact) mass is 474 g/mol. The molecule has 0 atom stereocenters. The van der Waals surface area contributed by atoms with Gasteiger partial charge in [-0.15, -0.1) is 0 Å². The summed E-state index contributed by atoms with van der Waals surface area (Å²) in [5, 5.41) is 11.9. The lowest BCUT2D eigenvalue weighted by Crippen LogP contribution is -2.42. The molecular weight excluding hydrogens is 444 g/mol. The van der Waals surface area contributed by atoms with Crippen LogP contribution in [0.25, 0.3) is 5.57 Å². The Balaban J connectivity index is 1.27. The molecule has 2 aromatic carbocycles. The minimum Gasteiger partial charge on any atom is -0.438 e. The van der Waals surface area contributed by atoms with E-state index in [-0.39, 0.29) is 0 Å². The number of halogens is 1. The first-order valence-electron chi connectivity index (χ1n) is 12.2. The highest BCUT2D eigenvalue weighted by molar-refractivity contribution is 6.30. The molecule has 0 spiro atoms. The summed E-state index contributed by atoms with van der Waals surface area (Å²) in [5.41, 5.74) is 5.09. The molecule has 0 unspecified atom stereocenters. The van der Waals surface area contributed by atoms with Crippen molar-refractivity contribution in [3.63, 3.8) is 0 Å². The summed E-state index contributed by atoms with van der Waals surface area (Å²) in [6.07, 6.45) is 8.41. The Kier molecular flexibility index (Phi) is 6.73. The van der Waals surface area contributed by atoms with Crippen LogP contribution in [0.4, 0.5) is 0 Å². The molecule has 34 heavy (non-hydrogen) atoms. The molecule has 1 saturated heterocycles. The number of aliphatic hydroxyl groups is 1. The summed E-state index contributed by atoms with van der Waals surface area (Å²) in [6.45, 7) is 4.91. The van der Waals surface area contributed by atoms with Gasteiger partial charge in [0.05, 0.1) is 5.60 Å². The number of nitrogens with zero attached hydrogens (tertiary/aromatic N) is 2. The number of ether oxygens (including phenoxy) is 1. The fraction of sp³-hybridized carbons (Fsp3) is 0.345. The highest BCUT2D eigenvalue weighted by atomic mass is 35.5. The highest BCUT2D eigenvalue weighted by Crippen LogP contribution is 2.38. The first-order valence-corrected chi connectivity index (χ1v) is 12.6. The number of piperidine rings is 1. The summed E-state index contributed by atoms with van der Waals surface area (Å²) in [7, 11) is 0. The van der Waals surface area contributed by atoms with Crippen LogP contribution in [0.5, 0.6) is 11.6 Å². The Bertz CT molecular complexity index is 1180. The number of allylic oxidation sites excluding steroid dienone is 1. The average molecular weight is 475 g/mol. The number of benzene rings is 2. The molecule has 5 rings (SSSR count). The van der Waals surface area contributed by atoms with Crippen molar-refractivity contribution in [3.8, 4) is 11.6 Å². The average Bonchev–Trinajstić information content (AvgIpc) is 3.01. The molecule has 0 aliphatic carbocycles. The Morgan fingerprint density at radius 1 is 1.12 bits per heavy atom. The molecule has 0 radical (unpaired) electrons. The number of aromatic nitrogens is 1. The number of rotatable bonds is 5. The summed E-state index contributed by atoms with van der Waals surface area (Å²) >= 11 is 6.02. The SMILES string of the molecule is CCc1ccc2c(c1)CC(=CCCN1CCC(O)(c3ccc(Cl)cc3)CC1)c1cccnc1O2. The summed E-state index contributed by atoms with van der Waals surface area (Å²) < 4.78 is 6.20. The van der Waals surface area contributed by atoms with Crippen LogP contribution >= 0.6 is 11.6 Å². The van der Waals surface area contributed by atoms with Gasteiger partial charge in [0.2, 0.25) is 5.88 Å². The van der Waals surface area contributed by atoms with E-state index in [1.807, 2.05) is 30.3 Å². The van der Waals surface area contributed by atoms with Crippen LogP contribution in [0.3, 0.4) is 0 Å². The van der Waals surface area contributed by atoms with Gasteiger partial charge in [0.25, 0.3) is 0 Å². The van der Waals surface area contributed by atoms with Gasteiger partial charge in [-0.1, -0.05) is 48.9 Å². The fourth-order valence-corrected chi connectivity index (χ4v) is 5.14. The van der Waals surface area contributed by atoms with Crippen LogP contribution in [0, 0.1) is 0 Å². The predicted molar refractivity (Wildman–Crippen MR) is 137 cm³/mol. The highest BCUT2D eigenvalue weighted by Gasteiger charge is 2.33. The molecule has 4 nitrogen and oxygen atoms in total. The van der Waals surface area contributed by atoms with Crippen molar-refractivity contribution in [2.24, 2.45) is 0 Å². The largest absolute Gasteiger partial charge is 0.438 e. The zero-order chi connectivity index (χ0) is 23.5. The standard InChI is InChI=1S/C29H31ClN2O2/c1-2-21-7-12-27-23(19-21)20-22(26-6-3-15-31-28(26)34-27)5-4-16-32-17-13-29(33,14-18-32)24-8-10-25(30)11-9-24/h3,5-12,15,19,33H,2,4,13-14,16-18,20H2,1H3. The maximum atomic E-state index is 11.2. The van der Waals surface area contributed by atoms with Crippen LogP contribution in [0.15, 0.2) is 66.9 Å². The van der Waals surface area contributed by atoms with E-state index >= 15 is 0 Å². The van der Waals surface area contributed by atoms with E-state index in [0.29, 0.717) is 10.9 Å². The van der Waals surface area contributed by atoms with Crippen LogP contribution in [0.1, 0.15) is 48.4 Å². The van der Waals surface area contributed by atoms with E-state index in [9.17, 15) is 5.11 Å². The normalized spacial score (nSPS) is 18.6. The quantitative estimate of drug-likeness (QED) is 0.464. The van der Waals surface area contributed by atoms with Gasteiger partial charge in [0.15, 0.2) is 0 Å². The summed E-state index contributed by atoms with van der Waals surface area (Å²) in [4.78, 5) is 6.96. The van der Waals surface area contributed by atoms with Crippen LogP contribution in [0.2, 0.25) is 5.02 Å². The van der Waals surface area contributed by atoms with E-state index in [0.717, 1.165) is 68.6 Å². The van der Waals surface area contributed by atoms with Gasteiger partial charge in [-0.3, -0.25) is 0 Å². The van der Waals surface area contributed by atoms with Crippen molar-refractivity contribution in [2.45, 2.75) is 44.6 Å². The van der Waals surface area contributed by atoms with Crippen molar-refractivity contribution in [1.82, 2.24) is 9.88 Å². The maximum absolute atomic E-state index is 11.2. The molecule has 1 N–H and O–H groups in total. The molecule has 1 aromatic heterocycles. The van der Waals surface area contributed by atoms with E-state index in [2.05, 4.69) is 47.1 Å². The minimum atomic E-state index is -0.760. The van der Waals surface area contributed by atoms with Crippen LogP contribution in [-0.4, -0.2) is 34.6 Å². The number of pyridine rings is 1. The van der Waals surface area contributed by atoms with Gasteiger partial charge >= 0.3 is 0 Å². The molecule has 0 amide bonds. The number of fused-ring (bicyclic) bond motifs is 2. The Labute approximate surface area is 206 Å². The molecule has 2 aliphatic rings. The zero-order valence-electron chi connectivity index (χ0n) is 19.6. The number of hydrogen-bond donors (Lipinski definition) is 1. The Morgan fingerprint density at radius 3 is 2.68 bits per heavy atom. The Hall–Kier alpha value is -2.66. The first kappa shape index (κ1) is 23.1. The van der Waals surface area contributed by atoms with Gasteiger partial charge in [0, 0.05) is 42.8 Å². The molecule has 3 heterocycles. The second kappa shape index (κ2) is 9.91. The minimum absolute atomic E-state index is 0.683. The van der Waals surface area contributed by atoms with Gasteiger partial charge in [-0.05, 0) is 78.3 Å². The van der Waals surface area contributed by atoms with Crippen LogP contribution < -0.4 is 4.74 Å². The third kappa shape index (κ3) is 4.90. The molecule has 0 bridgehead atoms. The van der Waals surface area contributed by atoms with E-state index in [1.54, 1.807) is 6.20 Å². The molecule has 176 valence electrons. The van der Waals surface area contributed by atoms with Crippen LogP contribution in [-0.2, 0) is 18.4 Å². The third-order valence-electron chi connectivity index (χ3n) is 7.14. The van der Waals surface area contributed by atoms with Crippen molar-refractivity contribution >= 4 is 17.2 Å². The number of aryl methyl sites for hydroxylation is 1. The van der Waals surface area contributed by atoms with E-state index in [1.165, 1.54) is 16.7 Å². The number of hydrogen-bond acceptors (Lipinski definition) is 4. The van der Waals surface area contributed by atoms with Gasteiger partial charge < -0.3 is 14.7 Å². The lowest BCUT2D eigenvalue weighted by molar-refractivity contribution is -0.0254. The molecule has 3 aromatic rings. The molecule has 5 heteroatoms. The lowest BCUT2D eigenvalue weighted by atomic mass is 9.84. The van der Waals surface area contributed by atoms with E-state index in [4.69, 9.17) is 16.3 Å². The fourth-order valence-electron chi connectivity index (χ4n) is 5.01. The number of likely N-dealkylation sites (tertiary alicyclic amines) is 1. The molecule has 2 aliphatic heterocycles. The van der Waals surface area contributed by atoms with Gasteiger partial charge in [0.1, 0.15) is 5.75 Å². The molecular formula is C29H31ClN2O2. The van der Waals surface area contributed by atoms with E-state index < -0.39 is 5.60 Å². The smallest absolute Gasteiger partial charge is 0.226 e. The van der Waals surface area contributed by atoms with Gasteiger partial charge in [-0.2, -0.15) is 0 Å². The maximum Gasteiger partial charge on any atom is 0.226 e. The summed E-state index contributed by atoms with van der Waals surface area (Å²) in [5.74, 6) is 1.58.